The summed E-state index contributed by atoms with van der Waals surface area (Å²) in [5.41, 5.74) is 0.403. The molecule has 1 amide bonds. The first-order chi connectivity index (χ1) is 8.52. The van der Waals surface area contributed by atoms with Crippen LogP contribution in [0.5, 0.6) is 0 Å². The van der Waals surface area contributed by atoms with Crippen LogP contribution in [0.25, 0.3) is 0 Å². The zero-order chi connectivity index (χ0) is 13.2. The van der Waals surface area contributed by atoms with Gasteiger partial charge in [0.15, 0.2) is 0 Å². The number of halogens is 1. The molecule has 1 aromatic rings. The smallest absolute Gasteiger partial charge is 0.249 e. The van der Waals surface area contributed by atoms with Gasteiger partial charge in [-0.05, 0) is 24.6 Å². The average molecular weight is 314 g/mol. The van der Waals surface area contributed by atoms with Gasteiger partial charge >= 0.3 is 0 Å². The Morgan fingerprint density at radius 1 is 1.56 bits per heavy atom. The van der Waals surface area contributed by atoms with E-state index in [0.29, 0.717) is 13.1 Å². The number of rotatable bonds is 3. The van der Waals surface area contributed by atoms with Crippen molar-refractivity contribution in [3.05, 3.63) is 34.3 Å². The van der Waals surface area contributed by atoms with Crippen LogP contribution in [-0.2, 0) is 16.1 Å². The summed E-state index contributed by atoms with van der Waals surface area (Å²) >= 11 is 3.41. The molecule has 0 radical (unpaired) electrons. The largest absolute Gasteiger partial charge is 0.393 e. The number of morpholine rings is 1. The Hall–Kier alpha value is -0.910. The highest BCUT2D eigenvalue weighted by molar-refractivity contribution is 9.10. The van der Waals surface area contributed by atoms with Crippen molar-refractivity contribution in [2.45, 2.75) is 19.1 Å². The van der Waals surface area contributed by atoms with Crippen LogP contribution < -0.4 is 0 Å². The highest BCUT2D eigenvalue weighted by Gasteiger charge is 2.35. The molecule has 1 atom stereocenters. The van der Waals surface area contributed by atoms with Gasteiger partial charge in [-0.2, -0.15) is 0 Å². The predicted octanol–water partition coefficient (Wildman–Crippen LogP) is 1.56. The summed E-state index contributed by atoms with van der Waals surface area (Å²) < 4.78 is 6.36. The fourth-order valence-electron chi connectivity index (χ4n) is 1.96. The van der Waals surface area contributed by atoms with Crippen LogP contribution >= 0.6 is 15.9 Å². The lowest BCUT2D eigenvalue weighted by Gasteiger charge is -2.39. The van der Waals surface area contributed by atoms with Gasteiger partial charge in [0, 0.05) is 11.0 Å². The molecule has 2 rings (SSSR count). The van der Waals surface area contributed by atoms with Crippen LogP contribution in [0.15, 0.2) is 28.7 Å². The number of hydrogen-bond acceptors (Lipinski definition) is 3. The van der Waals surface area contributed by atoms with Crippen molar-refractivity contribution in [2.75, 3.05) is 19.8 Å². The van der Waals surface area contributed by atoms with E-state index in [1.165, 1.54) is 0 Å². The molecule has 1 aliphatic rings. The number of aliphatic hydroxyl groups is 1. The van der Waals surface area contributed by atoms with Crippen LogP contribution in [0.4, 0.5) is 0 Å². The van der Waals surface area contributed by atoms with E-state index in [0.717, 1.165) is 10.0 Å². The Kier molecular flexibility index (Phi) is 4.04. The van der Waals surface area contributed by atoms with E-state index in [1.807, 2.05) is 31.2 Å². The van der Waals surface area contributed by atoms with E-state index < -0.39 is 5.60 Å². The fraction of sp³-hybridized carbons (Fsp3) is 0.462. The average Bonchev–Trinajstić information content (AvgIpc) is 2.34. The predicted molar refractivity (Wildman–Crippen MR) is 71.0 cm³/mol. The van der Waals surface area contributed by atoms with E-state index in [-0.39, 0.29) is 19.1 Å². The lowest BCUT2D eigenvalue weighted by atomic mass is 10.0. The molecule has 1 unspecified atom stereocenters. The summed E-state index contributed by atoms with van der Waals surface area (Å²) in [6, 6.07) is 7.85. The minimum atomic E-state index is -0.653. The Morgan fingerprint density at radius 2 is 2.33 bits per heavy atom. The quantitative estimate of drug-likeness (QED) is 0.921. The minimum absolute atomic E-state index is 0.0328. The van der Waals surface area contributed by atoms with E-state index >= 15 is 0 Å². The normalized spacial score (nSPS) is 24.4. The lowest BCUT2D eigenvalue weighted by molar-refractivity contribution is -0.167. The summed E-state index contributed by atoms with van der Waals surface area (Å²) in [4.78, 5) is 13.5. The Bertz CT molecular complexity index is 452. The molecule has 4 nitrogen and oxygen atoms in total. The molecule has 1 aliphatic heterocycles. The van der Waals surface area contributed by atoms with Crippen molar-refractivity contribution in [2.24, 2.45) is 0 Å². The Balaban J connectivity index is 2.09. The first kappa shape index (κ1) is 13.5. The summed E-state index contributed by atoms with van der Waals surface area (Å²) in [6.45, 7) is 2.71. The van der Waals surface area contributed by atoms with Gasteiger partial charge in [-0.1, -0.05) is 28.1 Å². The highest BCUT2D eigenvalue weighted by atomic mass is 79.9. The summed E-state index contributed by atoms with van der Waals surface area (Å²) in [5, 5.41) is 9.29. The fourth-order valence-corrected chi connectivity index (χ4v) is 2.41. The van der Waals surface area contributed by atoms with Gasteiger partial charge in [-0.25, -0.2) is 0 Å². The molecule has 0 saturated carbocycles. The minimum Gasteiger partial charge on any atom is -0.393 e. The number of aliphatic hydroxyl groups excluding tert-OH is 1. The maximum atomic E-state index is 11.8. The molecule has 0 aromatic heterocycles. The molecular weight excluding hydrogens is 298 g/mol. The number of amides is 1. The first-order valence-electron chi connectivity index (χ1n) is 5.79. The molecular formula is C13H16BrNO3. The first-order valence-corrected chi connectivity index (χ1v) is 6.59. The van der Waals surface area contributed by atoms with Crippen LogP contribution in [0.1, 0.15) is 12.5 Å². The maximum Gasteiger partial charge on any atom is 0.249 e. The van der Waals surface area contributed by atoms with Crippen molar-refractivity contribution in [3.63, 3.8) is 0 Å². The molecule has 98 valence electrons. The summed E-state index contributed by atoms with van der Waals surface area (Å²) in [7, 11) is 0. The van der Waals surface area contributed by atoms with E-state index in [4.69, 9.17) is 4.74 Å². The van der Waals surface area contributed by atoms with Crippen LogP contribution in [0, 0.1) is 0 Å². The molecule has 0 spiro atoms. The second kappa shape index (κ2) is 5.38. The second-order valence-electron chi connectivity index (χ2n) is 4.78. The molecule has 1 saturated heterocycles. The van der Waals surface area contributed by atoms with Gasteiger partial charge in [0.25, 0.3) is 0 Å². The summed E-state index contributed by atoms with van der Waals surface area (Å²) in [6.07, 6.45) is 0. The molecule has 18 heavy (non-hydrogen) atoms. The lowest BCUT2D eigenvalue weighted by Crippen LogP contribution is -2.54. The third kappa shape index (κ3) is 3.10. The molecule has 1 heterocycles. The van der Waals surface area contributed by atoms with E-state index in [9.17, 15) is 9.90 Å². The Morgan fingerprint density at radius 3 is 3.00 bits per heavy atom. The molecule has 1 N–H and O–H groups in total. The molecule has 0 aliphatic carbocycles. The number of benzene rings is 1. The van der Waals surface area contributed by atoms with E-state index in [1.54, 1.807) is 4.90 Å². The number of hydrogen-bond donors (Lipinski definition) is 1. The number of ether oxygens (including phenoxy) is 1. The zero-order valence-electron chi connectivity index (χ0n) is 10.2. The topological polar surface area (TPSA) is 49.8 Å². The van der Waals surface area contributed by atoms with Crippen LogP contribution in [0.3, 0.4) is 0 Å². The number of nitrogens with zero attached hydrogens (tertiary/aromatic N) is 1. The van der Waals surface area contributed by atoms with Gasteiger partial charge in [-0.15, -0.1) is 0 Å². The number of carbonyl (C=O) groups excluding carboxylic acids is 1. The third-order valence-electron chi connectivity index (χ3n) is 3.02. The second-order valence-corrected chi connectivity index (χ2v) is 5.69. The van der Waals surface area contributed by atoms with E-state index in [2.05, 4.69) is 15.9 Å². The van der Waals surface area contributed by atoms with Crippen molar-refractivity contribution >= 4 is 21.8 Å². The van der Waals surface area contributed by atoms with Crippen molar-refractivity contribution in [1.29, 1.82) is 0 Å². The monoisotopic (exact) mass is 313 g/mol. The molecule has 0 bridgehead atoms. The van der Waals surface area contributed by atoms with Gasteiger partial charge < -0.3 is 14.7 Å². The molecule has 1 aromatic carbocycles. The standard InChI is InChI=1S/C13H16BrNO3/c1-13(9-16)8-15(12(17)7-18-13)6-10-3-2-4-11(14)5-10/h2-5,16H,6-9H2,1H3. The van der Waals surface area contributed by atoms with Crippen LogP contribution in [0.2, 0.25) is 0 Å². The Labute approximate surface area is 115 Å². The number of carbonyl (C=O) groups is 1. The maximum absolute atomic E-state index is 11.8. The SMILES string of the molecule is CC1(CO)CN(Cc2cccc(Br)c2)C(=O)CO1. The van der Waals surface area contributed by atoms with Gasteiger partial charge in [0.2, 0.25) is 5.91 Å². The zero-order valence-corrected chi connectivity index (χ0v) is 11.8. The molecule has 5 heteroatoms. The van der Waals surface area contributed by atoms with Gasteiger partial charge in [0.05, 0.1) is 13.2 Å². The third-order valence-corrected chi connectivity index (χ3v) is 3.51. The van der Waals surface area contributed by atoms with Crippen molar-refractivity contribution in [1.82, 2.24) is 4.90 Å². The highest BCUT2D eigenvalue weighted by Crippen LogP contribution is 2.20. The molecule has 1 fully saturated rings. The van der Waals surface area contributed by atoms with Crippen molar-refractivity contribution < 1.29 is 14.6 Å². The van der Waals surface area contributed by atoms with Gasteiger partial charge in [-0.3, -0.25) is 4.79 Å². The van der Waals surface area contributed by atoms with Crippen molar-refractivity contribution in [3.8, 4) is 0 Å². The van der Waals surface area contributed by atoms with Crippen LogP contribution in [-0.4, -0.2) is 41.3 Å². The van der Waals surface area contributed by atoms with Gasteiger partial charge in [0.1, 0.15) is 12.2 Å². The summed E-state index contributed by atoms with van der Waals surface area (Å²) in [5.74, 6) is -0.0408.